The second-order valence-corrected chi connectivity index (χ2v) is 3.04. The Bertz CT molecular complexity index is 186. The number of aliphatic hydroxyl groups excluding tert-OH is 1. The number of hydrogen-bond acceptors (Lipinski definition) is 4. The van der Waals surface area contributed by atoms with Gasteiger partial charge in [0.15, 0.2) is 6.10 Å². The summed E-state index contributed by atoms with van der Waals surface area (Å²) in [7, 11) is -4.86. The number of rotatable bonds is 3. The molecule has 0 saturated carbocycles. The fourth-order valence-electron chi connectivity index (χ4n) is 0.241. The third-order valence-electron chi connectivity index (χ3n) is 0.627. The number of carbonyl (C=O) groups excluding carboxylic acids is 1. The summed E-state index contributed by atoms with van der Waals surface area (Å²) in [5, 5.41) is 8.54. The Morgan fingerprint density at radius 3 is 2.36 bits per heavy atom. The lowest BCUT2D eigenvalue weighted by atomic mass is 10.4. The van der Waals surface area contributed by atoms with Crippen molar-refractivity contribution in [2.24, 2.45) is 0 Å². The van der Waals surface area contributed by atoms with Crippen molar-refractivity contribution in [1.29, 1.82) is 0 Å². The molecule has 0 aromatic carbocycles. The van der Waals surface area contributed by atoms with Crippen LogP contribution in [0.5, 0.6) is 0 Å². The van der Waals surface area contributed by atoms with Crippen molar-refractivity contribution < 1.29 is 28.8 Å². The average Bonchev–Trinajstić information content (AvgIpc) is 1.82. The van der Waals surface area contributed by atoms with E-state index in [9.17, 15) is 9.36 Å². The maximum absolute atomic E-state index is 10.3. The van der Waals surface area contributed by atoms with Crippen LogP contribution in [0.15, 0.2) is 0 Å². The number of hydrogen-bond donors (Lipinski definition) is 3. The highest BCUT2D eigenvalue weighted by atomic mass is 35.5. The largest absolute Gasteiger partial charge is 0.527 e. The maximum Gasteiger partial charge on any atom is 0.527 e. The fourth-order valence-corrected chi connectivity index (χ4v) is 0.723. The molecule has 66 valence electrons. The van der Waals surface area contributed by atoms with Crippen molar-refractivity contribution in [2.75, 3.05) is 5.88 Å². The Labute approximate surface area is 67.0 Å². The quantitative estimate of drug-likeness (QED) is 0.412. The van der Waals surface area contributed by atoms with Gasteiger partial charge in [-0.25, -0.2) is 9.36 Å². The van der Waals surface area contributed by atoms with Gasteiger partial charge in [0, 0.05) is 0 Å². The maximum atomic E-state index is 10.3. The summed E-state index contributed by atoms with van der Waals surface area (Å²) < 4.78 is 13.4. The van der Waals surface area contributed by atoms with Gasteiger partial charge in [-0.2, -0.15) is 0 Å². The molecule has 8 heteroatoms. The number of aliphatic hydroxyl groups is 1. The minimum Gasteiger partial charge on any atom is -0.380 e. The van der Waals surface area contributed by atoms with Gasteiger partial charge in [0.2, 0.25) is 0 Å². The van der Waals surface area contributed by atoms with E-state index in [4.69, 9.17) is 26.5 Å². The molecule has 6 nitrogen and oxygen atoms in total. The van der Waals surface area contributed by atoms with Crippen LogP contribution >= 0.6 is 19.4 Å². The van der Waals surface area contributed by atoms with E-state index < -0.39 is 25.8 Å². The zero-order chi connectivity index (χ0) is 9.07. The van der Waals surface area contributed by atoms with Crippen LogP contribution in [0.1, 0.15) is 0 Å². The normalized spacial score (nSPS) is 14.2. The number of phosphoric ester groups is 1. The van der Waals surface area contributed by atoms with E-state index in [1.807, 2.05) is 0 Å². The van der Waals surface area contributed by atoms with Crippen LogP contribution in [0.25, 0.3) is 0 Å². The van der Waals surface area contributed by atoms with Gasteiger partial charge in [0.05, 0.1) is 5.88 Å². The van der Waals surface area contributed by atoms with Gasteiger partial charge >= 0.3 is 13.8 Å². The smallest absolute Gasteiger partial charge is 0.380 e. The molecule has 0 radical (unpaired) electrons. The Kier molecular flexibility index (Phi) is 3.99. The predicted octanol–water partition coefficient (Wildman–Crippen LogP) is -0.778. The summed E-state index contributed by atoms with van der Waals surface area (Å²) in [5.74, 6) is -1.91. The number of alkyl halides is 1. The Morgan fingerprint density at radius 1 is 1.64 bits per heavy atom. The highest BCUT2D eigenvalue weighted by molar-refractivity contribution is 7.46. The lowest BCUT2D eigenvalue weighted by molar-refractivity contribution is -0.143. The Morgan fingerprint density at radius 2 is 2.09 bits per heavy atom. The molecule has 11 heavy (non-hydrogen) atoms. The van der Waals surface area contributed by atoms with Crippen molar-refractivity contribution in [3.8, 4) is 0 Å². The molecule has 0 aromatic rings. The van der Waals surface area contributed by atoms with E-state index in [2.05, 4.69) is 4.52 Å². The second-order valence-electron chi connectivity index (χ2n) is 1.57. The van der Waals surface area contributed by atoms with Crippen molar-refractivity contribution in [3.05, 3.63) is 0 Å². The number of phosphoric acid groups is 1. The monoisotopic (exact) mass is 204 g/mol. The van der Waals surface area contributed by atoms with Crippen molar-refractivity contribution in [1.82, 2.24) is 0 Å². The Balaban J connectivity index is 3.99. The van der Waals surface area contributed by atoms with Gasteiger partial charge in [0.1, 0.15) is 0 Å². The third kappa shape index (κ3) is 5.17. The van der Waals surface area contributed by atoms with Crippen LogP contribution in [-0.4, -0.2) is 32.8 Å². The van der Waals surface area contributed by atoms with Gasteiger partial charge in [-0.15, -0.1) is 11.6 Å². The van der Waals surface area contributed by atoms with E-state index >= 15 is 0 Å². The minimum atomic E-state index is -4.86. The Hall–Kier alpha value is -0.130. The fraction of sp³-hybridized carbons (Fsp3) is 0.667. The lowest BCUT2D eigenvalue weighted by Crippen LogP contribution is -2.23. The molecule has 0 aliphatic carbocycles. The molecular formula is C3H6ClO6P. The molecule has 1 unspecified atom stereocenters. The molecular weight excluding hydrogens is 198 g/mol. The van der Waals surface area contributed by atoms with Crippen molar-refractivity contribution in [3.63, 3.8) is 0 Å². The van der Waals surface area contributed by atoms with E-state index in [1.165, 1.54) is 0 Å². The van der Waals surface area contributed by atoms with Crippen LogP contribution in [0, 0.1) is 0 Å². The second kappa shape index (κ2) is 4.04. The summed E-state index contributed by atoms with van der Waals surface area (Å²) in [6, 6.07) is 0. The van der Waals surface area contributed by atoms with Crippen molar-refractivity contribution >= 4 is 25.4 Å². The van der Waals surface area contributed by atoms with Gasteiger partial charge in [-0.3, -0.25) is 9.79 Å². The molecule has 0 heterocycles. The summed E-state index contributed by atoms with van der Waals surface area (Å²) >= 11 is 4.97. The minimum absolute atomic E-state index is 0.473. The molecule has 0 amide bonds. The summed E-state index contributed by atoms with van der Waals surface area (Å²) in [6.07, 6.45) is -1.70. The highest BCUT2D eigenvalue weighted by Crippen LogP contribution is 2.36. The molecule has 0 aliphatic heterocycles. The van der Waals surface area contributed by atoms with Gasteiger partial charge in [0.25, 0.3) is 0 Å². The first-order chi connectivity index (χ1) is 4.87. The molecule has 0 fully saturated rings. The summed E-state index contributed by atoms with van der Waals surface area (Å²) in [4.78, 5) is 26.4. The van der Waals surface area contributed by atoms with E-state index in [0.29, 0.717) is 0 Å². The molecule has 0 rings (SSSR count). The molecule has 0 aromatic heterocycles. The first-order valence-electron chi connectivity index (χ1n) is 2.40. The zero-order valence-electron chi connectivity index (χ0n) is 5.18. The molecule has 3 N–H and O–H groups in total. The average molecular weight is 205 g/mol. The number of halogens is 1. The highest BCUT2D eigenvalue weighted by Gasteiger charge is 2.25. The topological polar surface area (TPSA) is 104 Å². The van der Waals surface area contributed by atoms with Crippen LogP contribution in [0.3, 0.4) is 0 Å². The standard InChI is InChI=1S/C3H6ClO6P/c4-1-2(5)3(6)10-11(7,8)9/h2,5H,1H2,(H2,7,8,9). The third-order valence-corrected chi connectivity index (χ3v) is 1.34. The van der Waals surface area contributed by atoms with Gasteiger partial charge in [-0.05, 0) is 0 Å². The van der Waals surface area contributed by atoms with E-state index in [-0.39, 0.29) is 0 Å². The molecule has 1 atom stereocenters. The van der Waals surface area contributed by atoms with Crippen LogP contribution in [-0.2, 0) is 13.9 Å². The first kappa shape index (κ1) is 10.9. The zero-order valence-corrected chi connectivity index (χ0v) is 6.83. The molecule has 0 aliphatic rings. The van der Waals surface area contributed by atoms with Crippen LogP contribution in [0.4, 0.5) is 0 Å². The summed E-state index contributed by atoms with van der Waals surface area (Å²) in [6.45, 7) is 0. The SMILES string of the molecule is O=C(OP(=O)(O)O)C(O)CCl. The van der Waals surface area contributed by atoms with Gasteiger partial charge in [-0.1, -0.05) is 0 Å². The molecule has 0 spiro atoms. The van der Waals surface area contributed by atoms with Crippen molar-refractivity contribution in [2.45, 2.75) is 6.10 Å². The van der Waals surface area contributed by atoms with Crippen LogP contribution < -0.4 is 0 Å². The summed E-state index contributed by atoms with van der Waals surface area (Å²) in [5.41, 5.74) is 0. The molecule has 0 bridgehead atoms. The first-order valence-corrected chi connectivity index (χ1v) is 4.46. The predicted molar refractivity (Wildman–Crippen MR) is 34.9 cm³/mol. The number of carbonyl (C=O) groups is 1. The molecule has 0 saturated heterocycles. The van der Waals surface area contributed by atoms with Crippen LogP contribution in [0.2, 0.25) is 0 Å². The van der Waals surface area contributed by atoms with E-state index in [1.54, 1.807) is 0 Å². The van der Waals surface area contributed by atoms with E-state index in [0.717, 1.165) is 0 Å². The lowest BCUT2D eigenvalue weighted by Gasteiger charge is -2.07. The van der Waals surface area contributed by atoms with Gasteiger partial charge < -0.3 is 9.63 Å².